The number of rotatable bonds is 3. The van der Waals surface area contributed by atoms with Gasteiger partial charge in [-0.2, -0.15) is 4.31 Å². The fraction of sp³-hybridized carbons (Fsp3) is 1.00. The third kappa shape index (κ3) is 1.97. The molecule has 72 valence electrons. The largest absolute Gasteiger partial charge is 0.395 e. The quantitative estimate of drug-likeness (QED) is 0.675. The van der Waals surface area contributed by atoms with Crippen molar-refractivity contribution in [3.05, 3.63) is 0 Å². The minimum Gasteiger partial charge on any atom is -0.395 e. The monoisotopic (exact) mass is 193 g/mol. The van der Waals surface area contributed by atoms with Crippen molar-refractivity contribution in [2.24, 2.45) is 0 Å². The summed E-state index contributed by atoms with van der Waals surface area (Å²) in [5, 5.41) is 8.54. The number of sulfonamides is 1. The number of nitrogens with zero attached hydrogens (tertiary/aromatic N) is 1. The molecule has 1 fully saturated rings. The molecular weight excluding hydrogens is 178 g/mol. The van der Waals surface area contributed by atoms with Crippen molar-refractivity contribution < 1.29 is 13.5 Å². The molecule has 4 nitrogen and oxygen atoms in total. The van der Waals surface area contributed by atoms with Gasteiger partial charge >= 0.3 is 0 Å². The topological polar surface area (TPSA) is 57.6 Å². The Morgan fingerprint density at radius 1 is 1.58 bits per heavy atom. The van der Waals surface area contributed by atoms with Crippen LogP contribution >= 0.6 is 0 Å². The Kier molecular flexibility index (Phi) is 3.09. The standard InChI is InChI=1S/C7H15NO3S/c1-7-3-2-4-8(7)12(10,11)6-5-9/h7,9H,2-6H2,1H3. The maximum atomic E-state index is 11.4. The molecule has 0 aromatic rings. The van der Waals surface area contributed by atoms with Gasteiger partial charge in [0.15, 0.2) is 0 Å². The van der Waals surface area contributed by atoms with Crippen LogP contribution in [0.2, 0.25) is 0 Å². The number of hydrogen-bond acceptors (Lipinski definition) is 3. The van der Waals surface area contributed by atoms with Gasteiger partial charge in [-0.05, 0) is 19.8 Å². The molecule has 0 radical (unpaired) electrons. The molecule has 1 rings (SSSR count). The highest BCUT2D eigenvalue weighted by Gasteiger charge is 2.30. The van der Waals surface area contributed by atoms with Gasteiger partial charge in [0, 0.05) is 12.6 Å². The molecule has 1 N–H and O–H groups in total. The van der Waals surface area contributed by atoms with Gasteiger partial charge in [-0.15, -0.1) is 0 Å². The molecule has 0 aromatic carbocycles. The minimum absolute atomic E-state index is 0.113. The second-order valence-corrected chi connectivity index (χ2v) is 5.18. The molecular formula is C7H15NO3S. The van der Waals surface area contributed by atoms with Crippen LogP contribution in [0.4, 0.5) is 0 Å². The second-order valence-electron chi connectivity index (χ2n) is 3.14. The van der Waals surface area contributed by atoms with Crippen LogP contribution in [0.25, 0.3) is 0 Å². The van der Waals surface area contributed by atoms with Crippen LogP contribution in [-0.2, 0) is 10.0 Å². The predicted molar refractivity (Wildman–Crippen MR) is 46.3 cm³/mol. The van der Waals surface area contributed by atoms with Crippen molar-refractivity contribution in [1.82, 2.24) is 4.31 Å². The summed E-state index contributed by atoms with van der Waals surface area (Å²) in [6.07, 6.45) is 1.87. The average Bonchev–Trinajstić information content (AvgIpc) is 2.35. The summed E-state index contributed by atoms with van der Waals surface area (Å²) in [7, 11) is -3.18. The van der Waals surface area contributed by atoms with Crippen LogP contribution in [-0.4, -0.2) is 42.8 Å². The normalized spacial score (nSPS) is 26.3. The first-order chi connectivity index (χ1) is 5.58. The highest BCUT2D eigenvalue weighted by molar-refractivity contribution is 7.89. The fourth-order valence-corrected chi connectivity index (χ4v) is 3.08. The summed E-state index contributed by atoms with van der Waals surface area (Å²) in [6.45, 7) is 2.23. The summed E-state index contributed by atoms with van der Waals surface area (Å²) in [6, 6.07) is 0.113. The first kappa shape index (κ1) is 9.95. The lowest BCUT2D eigenvalue weighted by Crippen LogP contribution is -2.36. The van der Waals surface area contributed by atoms with Crippen molar-refractivity contribution in [2.45, 2.75) is 25.8 Å². The van der Waals surface area contributed by atoms with E-state index in [1.807, 2.05) is 6.92 Å². The molecule has 1 aliphatic heterocycles. The number of aliphatic hydroxyl groups excluding tert-OH is 1. The maximum Gasteiger partial charge on any atom is 0.216 e. The van der Waals surface area contributed by atoms with Gasteiger partial charge in [-0.3, -0.25) is 0 Å². The van der Waals surface area contributed by atoms with E-state index < -0.39 is 10.0 Å². The third-order valence-electron chi connectivity index (χ3n) is 2.20. The zero-order valence-corrected chi connectivity index (χ0v) is 8.05. The molecule has 1 atom stereocenters. The van der Waals surface area contributed by atoms with E-state index in [-0.39, 0.29) is 18.4 Å². The molecule has 12 heavy (non-hydrogen) atoms. The molecule has 0 aliphatic carbocycles. The smallest absolute Gasteiger partial charge is 0.216 e. The van der Waals surface area contributed by atoms with Crippen LogP contribution in [0.3, 0.4) is 0 Å². The number of hydrogen-bond donors (Lipinski definition) is 1. The van der Waals surface area contributed by atoms with Crippen molar-refractivity contribution in [1.29, 1.82) is 0 Å². The molecule has 0 aromatic heterocycles. The summed E-state index contributed by atoms with van der Waals surface area (Å²) in [5.41, 5.74) is 0. The van der Waals surface area contributed by atoms with E-state index in [9.17, 15) is 8.42 Å². The summed E-state index contributed by atoms with van der Waals surface area (Å²) >= 11 is 0. The molecule has 1 aliphatic rings. The Labute approximate surface area is 73.2 Å². The van der Waals surface area contributed by atoms with E-state index in [0.29, 0.717) is 6.54 Å². The molecule has 5 heteroatoms. The highest BCUT2D eigenvalue weighted by atomic mass is 32.2. The van der Waals surface area contributed by atoms with Gasteiger partial charge in [0.05, 0.1) is 12.4 Å². The van der Waals surface area contributed by atoms with Gasteiger partial charge in [0.25, 0.3) is 0 Å². The van der Waals surface area contributed by atoms with E-state index in [2.05, 4.69) is 0 Å². The lowest BCUT2D eigenvalue weighted by molar-refractivity contribution is 0.313. The Morgan fingerprint density at radius 2 is 2.25 bits per heavy atom. The Balaban J connectivity index is 2.68. The van der Waals surface area contributed by atoms with Crippen LogP contribution in [0.5, 0.6) is 0 Å². The fourth-order valence-electron chi connectivity index (χ4n) is 1.55. The van der Waals surface area contributed by atoms with Crippen molar-refractivity contribution in [3.63, 3.8) is 0 Å². The molecule has 0 bridgehead atoms. The van der Waals surface area contributed by atoms with Crippen molar-refractivity contribution in [3.8, 4) is 0 Å². The Hall–Kier alpha value is -0.130. The SMILES string of the molecule is CC1CCCN1S(=O)(=O)CCO. The van der Waals surface area contributed by atoms with Crippen LogP contribution < -0.4 is 0 Å². The van der Waals surface area contributed by atoms with Gasteiger partial charge in [0.1, 0.15) is 0 Å². The van der Waals surface area contributed by atoms with Crippen LogP contribution in [0, 0.1) is 0 Å². The van der Waals surface area contributed by atoms with E-state index in [4.69, 9.17) is 5.11 Å². The van der Waals surface area contributed by atoms with Gasteiger partial charge < -0.3 is 5.11 Å². The van der Waals surface area contributed by atoms with Crippen molar-refractivity contribution >= 4 is 10.0 Å². The first-order valence-corrected chi connectivity index (χ1v) is 5.79. The minimum atomic E-state index is -3.18. The number of aliphatic hydroxyl groups is 1. The van der Waals surface area contributed by atoms with E-state index >= 15 is 0 Å². The highest BCUT2D eigenvalue weighted by Crippen LogP contribution is 2.20. The zero-order chi connectivity index (χ0) is 9.19. The summed E-state index contributed by atoms with van der Waals surface area (Å²) in [5.74, 6) is -0.142. The maximum absolute atomic E-state index is 11.4. The van der Waals surface area contributed by atoms with E-state index in [1.54, 1.807) is 0 Å². The van der Waals surface area contributed by atoms with Gasteiger partial charge in [-0.1, -0.05) is 0 Å². The molecule has 1 unspecified atom stereocenters. The lowest BCUT2D eigenvalue weighted by atomic mass is 10.3. The molecule has 1 saturated heterocycles. The summed E-state index contributed by atoms with van der Waals surface area (Å²) in [4.78, 5) is 0. The second kappa shape index (κ2) is 3.72. The first-order valence-electron chi connectivity index (χ1n) is 4.18. The van der Waals surface area contributed by atoms with E-state index in [0.717, 1.165) is 12.8 Å². The van der Waals surface area contributed by atoms with Crippen molar-refractivity contribution in [2.75, 3.05) is 18.9 Å². The predicted octanol–water partition coefficient (Wildman–Crippen LogP) is -0.207. The molecule has 1 heterocycles. The van der Waals surface area contributed by atoms with Gasteiger partial charge in [0.2, 0.25) is 10.0 Å². The molecule has 0 amide bonds. The Bertz CT molecular complexity index is 237. The molecule has 0 spiro atoms. The lowest BCUT2D eigenvalue weighted by Gasteiger charge is -2.19. The Morgan fingerprint density at radius 3 is 2.67 bits per heavy atom. The van der Waals surface area contributed by atoms with E-state index in [1.165, 1.54) is 4.31 Å². The third-order valence-corrected chi connectivity index (χ3v) is 4.15. The van der Waals surface area contributed by atoms with Crippen LogP contribution in [0.15, 0.2) is 0 Å². The van der Waals surface area contributed by atoms with Crippen LogP contribution in [0.1, 0.15) is 19.8 Å². The zero-order valence-electron chi connectivity index (χ0n) is 7.23. The summed E-state index contributed by atoms with van der Waals surface area (Å²) < 4.78 is 24.3. The molecule has 0 saturated carbocycles. The average molecular weight is 193 g/mol. The van der Waals surface area contributed by atoms with Gasteiger partial charge in [-0.25, -0.2) is 8.42 Å².